The Labute approximate surface area is 130 Å². The highest BCUT2D eigenvalue weighted by atomic mass is 32.3. The van der Waals surface area contributed by atoms with Crippen LogP contribution in [0.25, 0.3) is 0 Å². The average Bonchev–Trinajstić information content (AvgIpc) is 2.40. The average molecular weight is 342 g/mol. The first-order valence-corrected chi connectivity index (χ1v) is 8.82. The van der Waals surface area contributed by atoms with E-state index in [0.29, 0.717) is 12.9 Å². The van der Waals surface area contributed by atoms with Gasteiger partial charge < -0.3 is 14.9 Å². The van der Waals surface area contributed by atoms with Crippen LogP contribution in [0, 0.1) is 0 Å². The van der Waals surface area contributed by atoms with Gasteiger partial charge in [0, 0.05) is 0 Å². The third kappa shape index (κ3) is 9.38. The number of carbonyl (C=O) groups excluding carboxylic acids is 1. The van der Waals surface area contributed by atoms with E-state index in [9.17, 15) is 14.4 Å². The summed E-state index contributed by atoms with van der Waals surface area (Å²) >= 11 is 3.62. The van der Waals surface area contributed by atoms with Gasteiger partial charge in [0.25, 0.3) is 6.47 Å². The smallest absolute Gasteiger partial charge is 0.313 e. The third-order valence-corrected chi connectivity index (χ3v) is 7.17. The summed E-state index contributed by atoms with van der Waals surface area (Å²) in [5.41, 5.74) is 0. The van der Waals surface area contributed by atoms with Crippen LogP contribution < -0.4 is 0 Å². The molecule has 0 amide bonds. The molecule has 0 heterocycles. The number of unbranched alkanes of at least 4 members (excludes halogenated alkanes) is 1. The standard InChI is InChI=1S/C11H18O6S3/c1-2-3-4-11(18-5-9(13)14,19-6-10(15)16)20-8-17-7-12/h7H,2-6,8H2,1H3,(H,13,14)(H,15,16). The van der Waals surface area contributed by atoms with Gasteiger partial charge in [0.2, 0.25) is 0 Å². The van der Waals surface area contributed by atoms with Crippen LogP contribution in [0.1, 0.15) is 26.2 Å². The molecule has 2 N–H and O–H groups in total. The maximum atomic E-state index is 10.7. The number of carbonyl (C=O) groups is 3. The fourth-order valence-electron chi connectivity index (χ4n) is 1.23. The van der Waals surface area contributed by atoms with Crippen molar-refractivity contribution in [2.45, 2.75) is 29.6 Å². The molecule has 0 aromatic carbocycles. The van der Waals surface area contributed by atoms with Crippen LogP contribution in [0.3, 0.4) is 0 Å². The quantitative estimate of drug-likeness (QED) is 0.296. The normalized spacial score (nSPS) is 11.1. The third-order valence-electron chi connectivity index (χ3n) is 2.08. The van der Waals surface area contributed by atoms with Crippen molar-refractivity contribution in [1.29, 1.82) is 0 Å². The number of carboxylic acids is 2. The van der Waals surface area contributed by atoms with Crippen LogP contribution in [0.15, 0.2) is 0 Å². The summed E-state index contributed by atoms with van der Waals surface area (Å²) in [5, 5.41) is 17.6. The van der Waals surface area contributed by atoms with E-state index in [4.69, 9.17) is 10.2 Å². The molecule has 0 aromatic heterocycles. The molecule has 0 saturated carbocycles. The van der Waals surface area contributed by atoms with Crippen molar-refractivity contribution < 1.29 is 29.3 Å². The first kappa shape index (κ1) is 19.5. The van der Waals surface area contributed by atoms with Crippen molar-refractivity contribution >= 4 is 53.7 Å². The summed E-state index contributed by atoms with van der Waals surface area (Å²) in [5.74, 6) is -2.08. The fourth-order valence-corrected chi connectivity index (χ4v) is 5.08. The zero-order valence-electron chi connectivity index (χ0n) is 11.1. The van der Waals surface area contributed by atoms with Gasteiger partial charge in [-0.2, -0.15) is 0 Å². The Morgan fingerprint density at radius 1 is 1.15 bits per heavy atom. The van der Waals surface area contributed by atoms with Gasteiger partial charge in [-0.15, -0.1) is 23.5 Å². The number of ether oxygens (including phenoxy) is 1. The van der Waals surface area contributed by atoms with Gasteiger partial charge in [0.15, 0.2) is 0 Å². The van der Waals surface area contributed by atoms with Gasteiger partial charge in [0.1, 0.15) is 9.35 Å². The van der Waals surface area contributed by atoms with Crippen LogP contribution in [0.5, 0.6) is 0 Å². The summed E-state index contributed by atoms with van der Waals surface area (Å²) in [6, 6.07) is 0. The molecule has 9 heteroatoms. The van der Waals surface area contributed by atoms with E-state index in [0.717, 1.165) is 12.8 Å². The number of carboxylic acid groups (broad SMARTS) is 2. The summed E-state index contributed by atoms with van der Waals surface area (Å²) < 4.78 is 4.01. The van der Waals surface area contributed by atoms with Crippen LogP contribution in [0.4, 0.5) is 0 Å². The van der Waals surface area contributed by atoms with Crippen LogP contribution in [-0.4, -0.2) is 49.5 Å². The largest absolute Gasteiger partial charge is 0.481 e. The van der Waals surface area contributed by atoms with Crippen molar-refractivity contribution in [3.8, 4) is 0 Å². The highest BCUT2D eigenvalue weighted by molar-refractivity contribution is 8.34. The molecule has 0 rings (SSSR count). The van der Waals surface area contributed by atoms with Crippen molar-refractivity contribution in [2.24, 2.45) is 0 Å². The Morgan fingerprint density at radius 3 is 2.10 bits per heavy atom. The minimum absolute atomic E-state index is 0.0758. The molecule has 0 aliphatic rings. The van der Waals surface area contributed by atoms with Crippen LogP contribution >= 0.6 is 35.3 Å². The first-order chi connectivity index (χ1) is 9.45. The van der Waals surface area contributed by atoms with Crippen LogP contribution in [0.2, 0.25) is 0 Å². The van der Waals surface area contributed by atoms with Crippen molar-refractivity contribution in [3.05, 3.63) is 0 Å². The molecule has 0 spiro atoms. The van der Waals surface area contributed by atoms with Crippen molar-refractivity contribution in [3.63, 3.8) is 0 Å². The molecule has 0 aromatic rings. The molecule has 20 heavy (non-hydrogen) atoms. The van der Waals surface area contributed by atoms with Gasteiger partial charge in [-0.05, 0) is 6.42 Å². The number of hydrogen-bond acceptors (Lipinski definition) is 7. The molecule has 116 valence electrons. The summed E-state index contributed by atoms with van der Waals surface area (Å²) in [7, 11) is 0. The lowest BCUT2D eigenvalue weighted by molar-refractivity contribution is -0.134. The van der Waals surface area contributed by atoms with Gasteiger partial charge in [0.05, 0.1) is 11.5 Å². The molecule has 0 saturated heterocycles. The maximum Gasteiger partial charge on any atom is 0.313 e. The zero-order valence-corrected chi connectivity index (χ0v) is 13.5. The number of thioether (sulfide) groups is 3. The van der Waals surface area contributed by atoms with Crippen LogP contribution in [-0.2, 0) is 19.1 Å². The highest BCUT2D eigenvalue weighted by Crippen LogP contribution is 2.50. The molecule has 0 radical (unpaired) electrons. The Kier molecular flexibility index (Phi) is 10.9. The van der Waals surface area contributed by atoms with Gasteiger partial charge in [-0.25, -0.2) is 0 Å². The van der Waals surface area contributed by atoms with Gasteiger partial charge >= 0.3 is 11.9 Å². The number of rotatable bonds is 13. The molecular weight excluding hydrogens is 324 g/mol. The van der Waals surface area contributed by atoms with Gasteiger partial charge in [-0.1, -0.05) is 31.5 Å². The summed E-state index contributed by atoms with van der Waals surface area (Å²) in [4.78, 5) is 31.7. The van der Waals surface area contributed by atoms with E-state index in [1.54, 1.807) is 0 Å². The second kappa shape index (κ2) is 11.2. The summed E-state index contributed by atoms with van der Waals surface area (Å²) in [6.07, 6.45) is 2.40. The minimum Gasteiger partial charge on any atom is -0.481 e. The topological polar surface area (TPSA) is 101 Å². The molecule has 0 atom stereocenters. The van der Waals surface area contributed by atoms with Crippen molar-refractivity contribution in [2.75, 3.05) is 17.4 Å². The Morgan fingerprint density at radius 2 is 1.70 bits per heavy atom. The number of hydrogen-bond donors (Lipinski definition) is 2. The van der Waals surface area contributed by atoms with E-state index in [-0.39, 0.29) is 17.4 Å². The Balaban J connectivity index is 4.77. The molecule has 0 bridgehead atoms. The van der Waals surface area contributed by atoms with E-state index in [1.807, 2.05) is 6.92 Å². The molecular formula is C11H18O6S3. The molecule has 0 aliphatic heterocycles. The lowest BCUT2D eigenvalue weighted by Gasteiger charge is -2.30. The van der Waals surface area contributed by atoms with E-state index < -0.39 is 15.3 Å². The fraction of sp³-hybridized carbons (Fsp3) is 0.727. The predicted molar refractivity (Wildman–Crippen MR) is 82.1 cm³/mol. The monoisotopic (exact) mass is 342 g/mol. The van der Waals surface area contributed by atoms with E-state index in [1.165, 1.54) is 35.3 Å². The lowest BCUT2D eigenvalue weighted by Crippen LogP contribution is -2.22. The van der Waals surface area contributed by atoms with Gasteiger partial charge in [-0.3, -0.25) is 14.4 Å². The zero-order chi connectivity index (χ0) is 15.4. The second-order valence-electron chi connectivity index (χ2n) is 3.68. The minimum atomic E-state index is -0.955. The maximum absolute atomic E-state index is 10.7. The molecule has 0 unspecified atom stereocenters. The predicted octanol–water partition coefficient (Wildman–Crippen LogP) is 2.33. The van der Waals surface area contributed by atoms with E-state index in [2.05, 4.69) is 4.74 Å². The highest BCUT2D eigenvalue weighted by Gasteiger charge is 2.33. The lowest BCUT2D eigenvalue weighted by atomic mass is 10.3. The van der Waals surface area contributed by atoms with Crippen molar-refractivity contribution in [1.82, 2.24) is 0 Å². The number of aliphatic carboxylic acids is 2. The Hall–Kier alpha value is -0.540. The first-order valence-electron chi connectivity index (χ1n) is 5.86. The Bertz CT molecular complexity index is 305. The van der Waals surface area contributed by atoms with E-state index >= 15 is 0 Å². The SMILES string of the molecule is CCCCC(SCOC=O)(SCC(=O)O)SCC(=O)O. The molecule has 0 aliphatic carbocycles. The second-order valence-corrected chi connectivity index (χ2v) is 8.22. The summed E-state index contributed by atoms with van der Waals surface area (Å²) in [6.45, 7) is 2.32. The molecule has 0 fully saturated rings. The molecule has 6 nitrogen and oxygen atoms in total.